The molecule has 1 amide bonds. The van der Waals surface area contributed by atoms with Crippen LogP contribution in [0.25, 0.3) is 5.76 Å². The van der Waals surface area contributed by atoms with Gasteiger partial charge in [0.05, 0.1) is 18.7 Å². The van der Waals surface area contributed by atoms with Gasteiger partial charge in [0.1, 0.15) is 11.6 Å². The first-order valence-electron chi connectivity index (χ1n) is 10.6. The van der Waals surface area contributed by atoms with Crippen molar-refractivity contribution in [2.75, 3.05) is 0 Å². The lowest BCUT2D eigenvalue weighted by molar-refractivity contribution is -0.378. The molecule has 1 fully saturated rings. The van der Waals surface area contributed by atoms with E-state index in [1.54, 1.807) is 42.7 Å². The van der Waals surface area contributed by atoms with Gasteiger partial charge in [-0.05, 0) is 55.3 Å². The average Bonchev–Trinajstić information content (AvgIpc) is 3.05. The molecular formula is C26H23FN2O4. The monoisotopic (exact) mass is 446 g/mol. The molecule has 1 saturated heterocycles. The van der Waals surface area contributed by atoms with Crippen LogP contribution in [0.3, 0.4) is 0 Å². The summed E-state index contributed by atoms with van der Waals surface area (Å²) in [6.45, 7) is 3.90. The van der Waals surface area contributed by atoms with Crippen LogP contribution >= 0.6 is 0 Å². The first-order chi connectivity index (χ1) is 15.8. The van der Waals surface area contributed by atoms with Crippen LogP contribution in [0.2, 0.25) is 0 Å². The van der Waals surface area contributed by atoms with Gasteiger partial charge in [-0.15, -0.1) is 0 Å². The lowest BCUT2D eigenvalue weighted by atomic mass is 9.95. The van der Waals surface area contributed by atoms with Gasteiger partial charge in [0.25, 0.3) is 5.91 Å². The van der Waals surface area contributed by atoms with Crippen LogP contribution in [0.5, 0.6) is 5.75 Å². The third-order valence-corrected chi connectivity index (χ3v) is 5.33. The maximum absolute atomic E-state index is 13.6. The Morgan fingerprint density at radius 2 is 1.79 bits per heavy atom. The van der Waals surface area contributed by atoms with Crippen molar-refractivity contribution in [2.45, 2.75) is 32.5 Å². The number of likely N-dealkylation sites (tertiary alicyclic amines) is 1. The Balaban J connectivity index is 1.79. The predicted molar refractivity (Wildman–Crippen MR) is 117 cm³/mol. The summed E-state index contributed by atoms with van der Waals surface area (Å²) in [4.78, 5) is 30.3. The summed E-state index contributed by atoms with van der Waals surface area (Å²) in [6.07, 6.45) is 3.42. The first-order valence-corrected chi connectivity index (χ1v) is 10.6. The van der Waals surface area contributed by atoms with Gasteiger partial charge in [-0.3, -0.25) is 9.59 Å². The highest BCUT2D eigenvalue weighted by Gasteiger charge is 2.44. The molecule has 0 saturated carbocycles. The number of halogens is 1. The maximum atomic E-state index is 13.6. The second-order valence-electron chi connectivity index (χ2n) is 8.06. The molecule has 0 bridgehead atoms. The molecule has 0 aliphatic carbocycles. The largest absolute Gasteiger partial charge is 0.872 e. The summed E-state index contributed by atoms with van der Waals surface area (Å²) in [5.74, 6) is -2.02. The molecule has 3 aromatic rings. The molecule has 0 radical (unpaired) electrons. The van der Waals surface area contributed by atoms with Gasteiger partial charge in [0, 0.05) is 17.2 Å². The maximum Gasteiger partial charge on any atom is 0.295 e. The Morgan fingerprint density at radius 1 is 1.09 bits per heavy atom. The number of Topliss-reactive ketones (excluding diaryl/α,β-unsaturated/α-hetero) is 1. The number of carbonyl (C=O) groups excluding carboxylic acids is 2. The third-order valence-electron chi connectivity index (χ3n) is 5.33. The van der Waals surface area contributed by atoms with Crippen LogP contribution in [0, 0.1) is 5.82 Å². The van der Waals surface area contributed by atoms with E-state index >= 15 is 0 Å². The number of amides is 1. The van der Waals surface area contributed by atoms with Crippen molar-refractivity contribution in [2.24, 2.45) is 0 Å². The lowest BCUT2D eigenvalue weighted by Gasteiger charge is -2.27. The molecule has 6 nitrogen and oxygen atoms in total. The molecular weight excluding hydrogens is 423 g/mol. The molecule has 2 heterocycles. The second kappa shape index (κ2) is 9.24. The van der Waals surface area contributed by atoms with E-state index in [4.69, 9.17) is 4.74 Å². The quantitative estimate of drug-likeness (QED) is 0.331. The van der Waals surface area contributed by atoms with Crippen LogP contribution in [-0.4, -0.2) is 22.7 Å². The smallest absolute Gasteiger partial charge is 0.295 e. The van der Waals surface area contributed by atoms with E-state index in [-0.39, 0.29) is 23.8 Å². The van der Waals surface area contributed by atoms with Crippen LogP contribution < -0.4 is 14.8 Å². The minimum absolute atomic E-state index is 0.0263. The minimum Gasteiger partial charge on any atom is -0.872 e. The number of pyridine rings is 1. The molecule has 1 N–H and O–H groups in total. The third kappa shape index (κ3) is 4.62. The molecule has 0 spiro atoms. The molecule has 168 valence electrons. The highest BCUT2D eigenvalue weighted by molar-refractivity contribution is 6.46. The SMILES string of the molecule is CC(C)Oc1ccc(C([O-])=C2C(=O)C(=O)N(Cc3ccc[nH+]c3)C2c2ccc(F)cc2)cc1. The van der Waals surface area contributed by atoms with Crippen molar-refractivity contribution in [1.29, 1.82) is 0 Å². The molecule has 2 aromatic carbocycles. The van der Waals surface area contributed by atoms with E-state index < -0.39 is 29.3 Å². The minimum atomic E-state index is -0.926. The van der Waals surface area contributed by atoms with Crippen LogP contribution in [0.1, 0.15) is 36.6 Å². The van der Waals surface area contributed by atoms with Crippen LogP contribution in [0.4, 0.5) is 4.39 Å². The van der Waals surface area contributed by atoms with Gasteiger partial charge in [0.15, 0.2) is 12.4 Å². The van der Waals surface area contributed by atoms with E-state index in [1.165, 1.54) is 29.2 Å². The Hall–Kier alpha value is -4.00. The molecule has 1 unspecified atom stereocenters. The van der Waals surface area contributed by atoms with E-state index in [0.717, 1.165) is 5.56 Å². The van der Waals surface area contributed by atoms with Gasteiger partial charge >= 0.3 is 0 Å². The standard InChI is InChI=1S/C26H23FN2O4/c1-16(2)33-21-11-7-19(8-12-21)24(30)22-23(18-5-9-20(27)10-6-18)29(26(32)25(22)31)15-17-4-3-13-28-14-17/h3-14,16,23,30H,15H2,1-2H3. The topological polar surface area (TPSA) is 83.8 Å². The number of ether oxygens (including phenoxy) is 1. The predicted octanol–water partition coefficient (Wildman–Crippen LogP) is 2.85. The van der Waals surface area contributed by atoms with E-state index in [0.29, 0.717) is 11.3 Å². The Bertz CT molecular complexity index is 1190. The average molecular weight is 446 g/mol. The molecule has 1 aliphatic rings. The Morgan fingerprint density at radius 3 is 2.39 bits per heavy atom. The Labute approximate surface area is 191 Å². The van der Waals surface area contributed by atoms with Crippen molar-refractivity contribution >= 4 is 17.4 Å². The molecule has 33 heavy (non-hydrogen) atoms. The zero-order valence-corrected chi connectivity index (χ0v) is 18.2. The van der Waals surface area contributed by atoms with Crippen molar-refractivity contribution in [1.82, 2.24) is 4.90 Å². The van der Waals surface area contributed by atoms with Gasteiger partial charge in [-0.25, -0.2) is 9.37 Å². The normalized spacial score (nSPS) is 17.6. The van der Waals surface area contributed by atoms with Gasteiger partial charge in [0.2, 0.25) is 5.78 Å². The van der Waals surface area contributed by atoms with Crippen molar-refractivity contribution in [3.63, 3.8) is 0 Å². The van der Waals surface area contributed by atoms with Crippen LogP contribution in [0.15, 0.2) is 78.6 Å². The number of ketones is 1. The van der Waals surface area contributed by atoms with Gasteiger partial charge in [-0.1, -0.05) is 30.0 Å². The van der Waals surface area contributed by atoms with E-state index in [1.807, 2.05) is 19.9 Å². The van der Waals surface area contributed by atoms with E-state index in [9.17, 15) is 19.1 Å². The molecule has 1 aromatic heterocycles. The molecule has 4 rings (SSSR count). The number of nitrogens with zero attached hydrogens (tertiary/aromatic N) is 1. The highest BCUT2D eigenvalue weighted by Crippen LogP contribution is 2.39. The fourth-order valence-electron chi connectivity index (χ4n) is 3.86. The summed E-state index contributed by atoms with van der Waals surface area (Å²) >= 11 is 0. The highest BCUT2D eigenvalue weighted by atomic mass is 19.1. The van der Waals surface area contributed by atoms with Crippen molar-refractivity contribution in [3.8, 4) is 5.75 Å². The molecule has 1 aliphatic heterocycles. The second-order valence-corrected chi connectivity index (χ2v) is 8.06. The number of hydrogen-bond donors (Lipinski definition) is 0. The summed E-state index contributed by atoms with van der Waals surface area (Å²) < 4.78 is 19.2. The number of hydrogen-bond acceptors (Lipinski definition) is 4. The summed E-state index contributed by atoms with van der Waals surface area (Å²) in [6, 6.07) is 14.6. The number of nitrogens with one attached hydrogen (secondary N) is 1. The number of benzene rings is 2. The summed E-state index contributed by atoms with van der Waals surface area (Å²) in [5.41, 5.74) is 1.36. The zero-order chi connectivity index (χ0) is 23.5. The first kappa shape index (κ1) is 22.2. The van der Waals surface area contributed by atoms with Gasteiger partial charge in [-0.2, -0.15) is 0 Å². The fourth-order valence-corrected chi connectivity index (χ4v) is 3.86. The van der Waals surface area contributed by atoms with Crippen molar-refractivity contribution in [3.05, 3.63) is 101 Å². The molecule has 1 atom stereocenters. The summed E-state index contributed by atoms with van der Waals surface area (Å²) in [7, 11) is 0. The number of H-pyrrole nitrogens is 1. The zero-order valence-electron chi connectivity index (χ0n) is 18.2. The van der Waals surface area contributed by atoms with Gasteiger partial charge < -0.3 is 14.7 Å². The van der Waals surface area contributed by atoms with E-state index in [2.05, 4.69) is 4.98 Å². The number of aromatic nitrogens is 1. The number of rotatable bonds is 6. The number of carbonyl (C=O) groups is 2. The summed E-state index contributed by atoms with van der Waals surface area (Å²) in [5, 5.41) is 13.4. The van der Waals surface area contributed by atoms with Crippen LogP contribution in [-0.2, 0) is 16.1 Å². The molecule has 7 heteroatoms. The van der Waals surface area contributed by atoms with Crippen molar-refractivity contribution < 1.29 is 28.8 Å². The fraction of sp³-hybridized carbons (Fsp3) is 0.192. The lowest BCUT2D eigenvalue weighted by Crippen LogP contribution is -2.29. The Kier molecular flexibility index (Phi) is 6.22. The number of aromatic amines is 1.